The van der Waals surface area contributed by atoms with Crippen LogP contribution in [0.3, 0.4) is 0 Å². The van der Waals surface area contributed by atoms with Gasteiger partial charge in [0, 0.05) is 6.54 Å². The van der Waals surface area contributed by atoms with E-state index in [1.807, 2.05) is 60.7 Å². The normalized spacial score (nSPS) is 21.0. The molecule has 23 heavy (non-hydrogen) atoms. The van der Waals surface area contributed by atoms with E-state index in [2.05, 4.69) is 0 Å². The largest absolute Gasteiger partial charge is 0.444 e. The average molecular weight is 310 g/mol. The molecule has 1 saturated heterocycles. The fraction of sp³-hybridized carbons (Fsp3) is 0.316. The number of carbonyl (C=O) groups excluding carboxylic acids is 1. The van der Waals surface area contributed by atoms with E-state index in [1.54, 1.807) is 4.90 Å². The fourth-order valence-corrected chi connectivity index (χ4v) is 3.08. The number of piperidine rings is 1. The van der Waals surface area contributed by atoms with E-state index in [4.69, 9.17) is 10.5 Å². The van der Waals surface area contributed by atoms with Crippen LogP contribution in [-0.4, -0.2) is 17.5 Å². The molecule has 0 unspecified atom stereocenters. The predicted molar refractivity (Wildman–Crippen MR) is 89.5 cm³/mol. The van der Waals surface area contributed by atoms with E-state index in [-0.39, 0.29) is 12.7 Å². The highest BCUT2D eigenvalue weighted by Crippen LogP contribution is 2.33. The highest BCUT2D eigenvalue weighted by molar-refractivity contribution is 5.69. The van der Waals surface area contributed by atoms with Gasteiger partial charge in [-0.05, 0) is 30.4 Å². The first-order valence-electron chi connectivity index (χ1n) is 8.03. The van der Waals surface area contributed by atoms with Gasteiger partial charge in [0.1, 0.15) is 12.3 Å². The Morgan fingerprint density at radius 2 is 1.70 bits per heavy atom. The van der Waals surface area contributed by atoms with Crippen LogP contribution < -0.4 is 5.73 Å². The van der Waals surface area contributed by atoms with E-state index >= 15 is 0 Å². The minimum atomic E-state index is -0.784. The number of ether oxygens (including phenoxy) is 1. The highest BCUT2D eigenvalue weighted by Gasteiger charge is 2.40. The molecule has 1 atom stereocenters. The van der Waals surface area contributed by atoms with Gasteiger partial charge in [0.2, 0.25) is 0 Å². The molecule has 0 radical (unpaired) electrons. The Kier molecular flexibility index (Phi) is 4.63. The first-order valence-corrected chi connectivity index (χ1v) is 8.03. The maximum absolute atomic E-state index is 12.6. The number of likely N-dealkylation sites (tertiary alicyclic amines) is 1. The Labute approximate surface area is 136 Å². The summed E-state index contributed by atoms with van der Waals surface area (Å²) < 4.78 is 5.49. The molecule has 1 heterocycles. The lowest BCUT2D eigenvalue weighted by molar-refractivity contribution is 0.0237. The van der Waals surface area contributed by atoms with Crippen molar-refractivity contribution in [2.24, 2.45) is 5.73 Å². The molecule has 2 N–H and O–H groups in total. The van der Waals surface area contributed by atoms with E-state index in [1.165, 1.54) is 0 Å². The molecule has 1 fully saturated rings. The van der Waals surface area contributed by atoms with Gasteiger partial charge < -0.3 is 10.5 Å². The fourth-order valence-electron chi connectivity index (χ4n) is 3.08. The van der Waals surface area contributed by atoms with Crippen molar-refractivity contribution in [3.8, 4) is 0 Å². The first kappa shape index (κ1) is 15.6. The van der Waals surface area contributed by atoms with Gasteiger partial charge >= 0.3 is 6.09 Å². The summed E-state index contributed by atoms with van der Waals surface area (Å²) in [6.45, 7) is 0.889. The zero-order chi connectivity index (χ0) is 16.1. The standard InChI is InChI=1S/C19H22N2O2/c20-19(17-11-5-2-6-12-17)13-7-8-14-21(19)18(22)23-15-16-9-3-1-4-10-16/h1-6,9-12H,7-8,13-15,20H2/t19-/m0/s1. The van der Waals surface area contributed by atoms with Crippen molar-refractivity contribution in [2.75, 3.05) is 6.54 Å². The predicted octanol–water partition coefficient (Wildman–Crippen LogP) is 3.62. The molecule has 0 saturated carbocycles. The Hall–Kier alpha value is -2.33. The molecule has 4 heteroatoms. The van der Waals surface area contributed by atoms with Crippen molar-refractivity contribution >= 4 is 6.09 Å². The van der Waals surface area contributed by atoms with Gasteiger partial charge in [0.25, 0.3) is 0 Å². The molecule has 2 aromatic rings. The first-order chi connectivity index (χ1) is 11.2. The summed E-state index contributed by atoms with van der Waals surface area (Å²) in [7, 11) is 0. The quantitative estimate of drug-likeness (QED) is 0.942. The molecule has 0 spiro atoms. The minimum absolute atomic E-state index is 0.265. The highest BCUT2D eigenvalue weighted by atomic mass is 16.6. The summed E-state index contributed by atoms with van der Waals surface area (Å²) in [4.78, 5) is 14.3. The van der Waals surface area contributed by atoms with Gasteiger partial charge in [0.05, 0.1) is 0 Å². The molecule has 120 valence electrons. The minimum Gasteiger partial charge on any atom is -0.444 e. The van der Waals surface area contributed by atoms with E-state index in [9.17, 15) is 4.79 Å². The van der Waals surface area contributed by atoms with Crippen molar-refractivity contribution < 1.29 is 9.53 Å². The Balaban J connectivity index is 1.74. The molecule has 3 rings (SSSR count). The maximum Gasteiger partial charge on any atom is 0.411 e. The third-order valence-electron chi connectivity index (χ3n) is 4.37. The van der Waals surface area contributed by atoms with Crippen molar-refractivity contribution in [1.82, 2.24) is 4.90 Å². The number of hydrogen-bond acceptors (Lipinski definition) is 3. The van der Waals surface area contributed by atoms with Crippen LogP contribution in [0, 0.1) is 0 Å². The maximum atomic E-state index is 12.6. The zero-order valence-corrected chi connectivity index (χ0v) is 13.2. The molecule has 0 aromatic heterocycles. The number of nitrogens with two attached hydrogens (primary N) is 1. The van der Waals surface area contributed by atoms with Crippen molar-refractivity contribution in [3.05, 3.63) is 71.8 Å². The summed E-state index contributed by atoms with van der Waals surface area (Å²) in [6.07, 6.45) is 2.36. The van der Waals surface area contributed by atoms with Crippen LogP contribution in [0.25, 0.3) is 0 Å². The van der Waals surface area contributed by atoms with Crippen LogP contribution in [0.15, 0.2) is 60.7 Å². The summed E-state index contributed by atoms with van der Waals surface area (Å²) in [5.41, 5.74) is 7.76. The molecule has 1 aliphatic heterocycles. The number of benzene rings is 2. The topological polar surface area (TPSA) is 55.6 Å². The van der Waals surface area contributed by atoms with Crippen LogP contribution in [0.4, 0.5) is 4.79 Å². The molecular weight excluding hydrogens is 288 g/mol. The number of rotatable bonds is 3. The molecule has 1 aliphatic rings. The molecule has 4 nitrogen and oxygen atoms in total. The van der Waals surface area contributed by atoms with E-state index in [0.717, 1.165) is 30.4 Å². The Morgan fingerprint density at radius 3 is 2.39 bits per heavy atom. The third-order valence-corrected chi connectivity index (χ3v) is 4.37. The molecule has 1 amide bonds. The summed E-state index contributed by atoms with van der Waals surface area (Å²) >= 11 is 0. The van der Waals surface area contributed by atoms with Gasteiger partial charge in [-0.15, -0.1) is 0 Å². The average Bonchev–Trinajstić information content (AvgIpc) is 2.62. The SMILES string of the molecule is N[C@@]1(c2ccccc2)CCCCN1C(=O)OCc1ccccc1. The van der Waals surface area contributed by atoms with Crippen LogP contribution in [-0.2, 0) is 17.0 Å². The van der Waals surface area contributed by atoms with E-state index in [0.29, 0.717) is 6.54 Å². The second kappa shape index (κ2) is 6.84. The summed E-state index contributed by atoms with van der Waals surface area (Å²) in [5, 5.41) is 0. The molecule has 0 aliphatic carbocycles. The zero-order valence-electron chi connectivity index (χ0n) is 13.2. The van der Waals surface area contributed by atoms with Crippen LogP contribution in [0.1, 0.15) is 30.4 Å². The number of nitrogens with zero attached hydrogens (tertiary/aromatic N) is 1. The lowest BCUT2D eigenvalue weighted by Crippen LogP contribution is -2.58. The summed E-state index contributed by atoms with van der Waals surface area (Å²) in [5.74, 6) is 0. The van der Waals surface area contributed by atoms with E-state index < -0.39 is 5.66 Å². The molecule has 0 bridgehead atoms. The Morgan fingerprint density at radius 1 is 1.04 bits per heavy atom. The van der Waals surface area contributed by atoms with Gasteiger partial charge in [-0.3, -0.25) is 4.90 Å². The Bertz CT molecular complexity index is 645. The lowest BCUT2D eigenvalue weighted by Gasteiger charge is -2.44. The number of hydrogen-bond donors (Lipinski definition) is 1. The summed E-state index contributed by atoms with van der Waals surface area (Å²) in [6, 6.07) is 19.5. The third kappa shape index (κ3) is 3.37. The van der Waals surface area contributed by atoms with Gasteiger partial charge in [0.15, 0.2) is 0 Å². The second-order valence-electron chi connectivity index (χ2n) is 5.94. The second-order valence-corrected chi connectivity index (χ2v) is 5.94. The van der Waals surface area contributed by atoms with Crippen LogP contribution in [0.2, 0.25) is 0 Å². The monoisotopic (exact) mass is 310 g/mol. The smallest absolute Gasteiger partial charge is 0.411 e. The van der Waals surface area contributed by atoms with Gasteiger partial charge in [-0.25, -0.2) is 4.79 Å². The van der Waals surface area contributed by atoms with Crippen LogP contribution >= 0.6 is 0 Å². The number of amides is 1. The van der Waals surface area contributed by atoms with Crippen LogP contribution in [0.5, 0.6) is 0 Å². The molecular formula is C19H22N2O2. The van der Waals surface area contributed by atoms with Gasteiger partial charge in [-0.2, -0.15) is 0 Å². The molecule has 2 aromatic carbocycles. The number of carbonyl (C=O) groups is 1. The lowest BCUT2D eigenvalue weighted by atomic mass is 9.89. The van der Waals surface area contributed by atoms with Crippen molar-refractivity contribution in [1.29, 1.82) is 0 Å². The van der Waals surface area contributed by atoms with Crippen molar-refractivity contribution in [3.63, 3.8) is 0 Å². The van der Waals surface area contributed by atoms with Crippen molar-refractivity contribution in [2.45, 2.75) is 31.5 Å². The van der Waals surface area contributed by atoms with Gasteiger partial charge in [-0.1, -0.05) is 60.7 Å².